The predicted molar refractivity (Wildman–Crippen MR) is 70.0 cm³/mol. The van der Waals surface area contributed by atoms with Crippen molar-refractivity contribution in [3.05, 3.63) is 35.1 Å². The predicted octanol–water partition coefficient (Wildman–Crippen LogP) is 1.75. The molecule has 0 saturated heterocycles. The van der Waals surface area contributed by atoms with Gasteiger partial charge in [-0.05, 0) is 25.1 Å². The molecule has 0 spiro atoms. The zero-order valence-corrected chi connectivity index (χ0v) is 11.0. The summed E-state index contributed by atoms with van der Waals surface area (Å²) in [5, 5.41) is 6.62. The van der Waals surface area contributed by atoms with Gasteiger partial charge in [0.2, 0.25) is 0 Å². The molecule has 0 saturated carbocycles. The van der Waals surface area contributed by atoms with Gasteiger partial charge in [-0.15, -0.1) is 0 Å². The van der Waals surface area contributed by atoms with Gasteiger partial charge in [0.05, 0.1) is 23.3 Å². The maximum Gasteiger partial charge on any atom is 0.265 e. The van der Waals surface area contributed by atoms with E-state index >= 15 is 0 Å². The van der Waals surface area contributed by atoms with Crippen molar-refractivity contribution in [1.29, 1.82) is 0 Å². The number of hydrogen-bond acceptors (Lipinski definition) is 4. The van der Waals surface area contributed by atoms with Crippen molar-refractivity contribution in [1.82, 2.24) is 10.2 Å². The minimum atomic E-state index is -3.72. The molecule has 0 fully saturated rings. The van der Waals surface area contributed by atoms with Gasteiger partial charge in [0.1, 0.15) is 4.90 Å². The van der Waals surface area contributed by atoms with Crippen LogP contribution in [0.2, 0.25) is 5.02 Å². The number of halogens is 1. The third-order valence-electron chi connectivity index (χ3n) is 2.33. The van der Waals surface area contributed by atoms with Crippen molar-refractivity contribution in [3.63, 3.8) is 0 Å². The number of anilines is 2. The minimum absolute atomic E-state index is 0.0712. The number of rotatable bonds is 3. The lowest BCUT2D eigenvalue weighted by molar-refractivity contribution is 0.600. The zero-order valence-electron chi connectivity index (χ0n) is 9.44. The maximum atomic E-state index is 12.1. The van der Waals surface area contributed by atoms with Crippen molar-refractivity contribution in [2.24, 2.45) is 0 Å². The average molecular weight is 287 g/mol. The smallest absolute Gasteiger partial charge is 0.265 e. The van der Waals surface area contributed by atoms with Crippen LogP contribution in [0.4, 0.5) is 11.4 Å². The molecule has 6 nitrogen and oxygen atoms in total. The number of aromatic nitrogens is 2. The van der Waals surface area contributed by atoms with Gasteiger partial charge >= 0.3 is 0 Å². The Balaban J connectivity index is 2.40. The molecular weight excluding hydrogens is 276 g/mol. The first-order valence-electron chi connectivity index (χ1n) is 4.98. The quantitative estimate of drug-likeness (QED) is 0.748. The highest BCUT2D eigenvalue weighted by molar-refractivity contribution is 7.92. The van der Waals surface area contributed by atoms with Crippen molar-refractivity contribution >= 4 is 33.0 Å². The van der Waals surface area contributed by atoms with E-state index in [0.29, 0.717) is 16.4 Å². The number of nitrogens with one attached hydrogen (secondary N) is 2. The van der Waals surface area contributed by atoms with E-state index in [4.69, 9.17) is 17.3 Å². The summed E-state index contributed by atoms with van der Waals surface area (Å²) in [5.41, 5.74) is 6.66. The molecule has 2 aromatic rings. The zero-order chi connectivity index (χ0) is 13.3. The van der Waals surface area contributed by atoms with Crippen LogP contribution in [-0.4, -0.2) is 18.6 Å². The van der Waals surface area contributed by atoms with Crippen LogP contribution in [0, 0.1) is 6.92 Å². The van der Waals surface area contributed by atoms with E-state index in [1.807, 2.05) is 0 Å². The summed E-state index contributed by atoms with van der Waals surface area (Å²) >= 11 is 5.79. The Kier molecular flexibility index (Phi) is 3.18. The monoisotopic (exact) mass is 286 g/mol. The van der Waals surface area contributed by atoms with Crippen LogP contribution in [-0.2, 0) is 10.0 Å². The van der Waals surface area contributed by atoms with Gasteiger partial charge in [0, 0.05) is 5.02 Å². The van der Waals surface area contributed by atoms with Crippen LogP contribution in [0.5, 0.6) is 0 Å². The largest absolute Gasteiger partial charge is 0.397 e. The number of nitrogens with two attached hydrogens (primary N) is 1. The van der Waals surface area contributed by atoms with Gasteiger partial charge in [-0.2, -0.15) is 5.10 Å². The Morgan fingerprint density at radius 2 is 2.17 bits per heavy atom. The standard InChI is InChI=1S/C10H11ClN4O2S/c1-6-10(5-13-14-6)18(16,17)15-9-4-7(11)2-3-8(9)12/h2-5,15H,12H2,1H3,(H,13,14). The number of nitrogen functional groups attached to an aromatic ring is 1. The summed E-state index contributed by atoms with van der Waals surface area (Å²) in [7, 11) is -3.72. The fraction of sp³-hybridized carbons (Fsp3) is 0.100. The molecule has 0 bridgehead atoms. The second-order valence-electron chi connectivity index (χ2n) is 3.70. The normalized spacial score (nSPS) is 11.4. The topological polar surface area (TPSA) is 101 Å². The van der Waals surface area contributed by atoms with Crippen LogP contribution in [0.25, 0.3) is 0 Å². The Bertz CT molecular complexity index is 681. The second kappa shape index (κ2) is 4.51. The lowest BCUT2D eigenvalue weighted by Gasteiger charge is -2.09. The summed E-state index contributed by atoms with van der Waals surface area (Å²) in [5.74, 6) is 0. The van der Waals surface area contributed by atoms with E-state index in [1.165, 1.54) is 18.3 Å². The molecule has 0 aliphatic heterocycles. The number of H-pyrrole nitrogens is 1. The number of hydrogen-bond donors (Lipinski definition) is 3. The highest BCUT2D eigenvalue weighted by atomic mass is 35.5. The summed E-state index contributed by atoms with van der Waals surface area (Å²) in [4.78, 5) is 0.0712. The highest BCUT2D eigenvalue weighted by Gasteiger charge is 2.19. The molecule has 0 unspecified atom stereocenters. The van der Waals surface area contributed by atoms with Crippen LogP contribution in [0.15, 0.2) is 29.3 Å². The fourth-order valence-electron chi connectivity index (χ4n) is 1.43. The Labute approximate surface area is 109 Å². The Hall–Kier alpha value is -1.73. The molecule has 0 atom stereocenters. The van der Waals surface area contributed by atoms with Crippen molar-refractivity contribution < 1.29 is 8.42 Å². The molecule has 8 heteroatoms. The van der Waals surface area contributed by atoms with Crippen LogP contribution < -0.4 is 10.5 Å². The van der Waals surface area contributed by atoms with Gasteiger partial charge in [-0.3, -0.25) is 9.82 Å². The molecule has 0 aliphatic rings. The third kappa shape index (κ3) is 2.41. The summed E-state index contributed by atoms with van der Waals surface area (Å²) < 4.78 is 26.5. The van der Waals surface area contributed by atoms with Crippen LogP contribution in [0.3, 0.4) is 0 Å². The minimum Gasteiger partial charge on any atom is -0.397 e. The van der Waals surface area contributed by atoms with Crippen molar-refractivity contribution in [3.8, 4) is 0 Å². The first kappa shape index (κ1) is 12.7. The molecule has 18 heavy (non-hydrogen) atoms. The van der Waals surface area contributed by atoms with E-state index in [9.17, 15) is 8.42 Å². The fourth-order valence-corrected chi connectivity index (χ4v) is 2.82. The molecule has 0 aliphatic carbocycles. The SMILES string of the molecule is Cc1[nH]ncc1S(=O)(=O)Nc1cc(Cl)ccc1N. The Morgan fingerprint density at radius 3 is 2.78 bits per heavy atom. The number of sulfonamides is 1. The molecule has 1 aromatic carbocycles. The summed E-state index contributed by atoms with van der Waals surface area (Å²) in [6.45, 7) is 1.61. The van der Waals surface area contributed by atoms with E-state index < -0.39 is 10.0 Å². The van der Waals surface area contributed by atoms with Crippen molar-refractivity contribution in [2.45, 2.75) is 11.8 Å². The number of nitrogens with zero attached hydrogens (tertiary/aromatic N) is 1. The van der Waals surface area contributed by atoms with Crippen LogP contribution >= 0.6 is 11.6 Å². The first-order chi connectivity index (χ1) is 8.40. The molecule has 0 amide bonds. The van der Waals surface area contributed by atoms with Gasteiger partial charge in [0.25, 0.3) is 10.0 Å². The highest BCUT2D eigenvalue weighted by Crippen LogP contribution is 2.26. The van der Waals surface area contributed by atoms with Gasteiger partial charge in [-0.1, -0.05) is 11.6 Å². The summed E-state index contributed by atoms with van der Waals surface area (Å²) in [6.07, 6.45) is 1.23. The lowest BCUT2D eigenvalue weighted by atomic mass is 10.3. The van der Waals surface area contributed by atoms with Gasteiger partial charge in [-0.25, -0.2) is 8.42 Å². The average Bonchev–Trinajstić information content (AvgIpc) is 2.70. The molecule has 4 N–H and O–H groups in total. The molecular formula is C10H11ClN4O2S. The van der Waals surface area contributed by atoms with E-state index in [2.05, 4.69) is 14.9 Å². The molecule has 0 radical (unpaired) electrons. The Morgan fingerprint density at radius 1 is 1.44 bits per heavy atom. The molecule has 1 aromatic heterocycles. The lowest BCUT2D eigenvalue weighted by Crippen LogP contribution is -2.14. The molecule has 96 valence electrons. The number of benzene rings is 1. The molecule has 1 heterocycles. The van der Waals surface area contributed by atoms with E-state index in [-0.39, 0.29) is 10.6 Å². The third-order valence-corrected chi connectivity index (χ3v) is 4.05. The van der Waals surface area contributed by atoms with Crippen LogP contribution in [0.1, 0.15) is 5.69 Å². The number of aromatic amines is 1. The van der Waals surface area contributed by atoms with E-state index in [1.54, 1.807) is 13.0 Å². The molecule has 2 rings (SSSR count). The first-order valence-corrected chi connectivity index (χ1v) is 6.84. The maximum absolute atomic E-state index is 12.1. The number of aryl methyl sites for hydroxylation is 1. The van der Waals surface area contributed by atoms with Gasteiger partial charge in [0.15, 0.2) is 0 Å². The van der Waals surface area contributed by atoms with E-state index in [0.717, 1.165) is 0 Å². The summed E-state index contributed by atoms with van der Waals surface area (Å²) in [6, 6.07) is 4.56. The van der Waals surface area contributed by atoms with Crippen molar-refractivity contribution in [2.75, 3.05) is 10.5 Å². The van der Waals surface area contributed by atoms with Gasteiger partial charge < -0.3 is 5.73 Å². The second-order valence-corrected chi connectivity index (χ2v) is 5.78.